The fourth-order valence-corrected chi connectivity index (χ4v) is 8.31. The number of fused-ring (bicyclic) bond motifs is 3. The summed E-state index contributed by atoms with van der Waals surface area (Å²) in [5.41, 5.74) is 16.3. The van der Waals surface area contributed by atoms with Gasteiger partial charge in [0.05, 0.1) is 28.1 Å². The van der Waals surface area contributed by atoms with Crippen LogP contribution in [0.5, 0.6) is 0 Å². The van der Waals surface area contributed by atoms with Gasteiger partial charge in [0.25, 0.3) is 0 Å². The molecule has 264 valence electrons. The van der Waals surface area contributed by atoms with Gasteiger partial charge in [0.2, 0.25) is 0 Å². The SMILES string of the molecule is c1ccc(-c2ccc(-n3c4ccccc4c4c(N(c5ccccc5)c5ccccc5-c5ccccc5)cccc43)c(-c3ccccc3-c3ccccc3)c2)cc1. The van der Waals surface area contributed by atoms with Crippen molar-refractivity contribution in [1.29, 1.82) is 0 Å². The molecule has 10 rings (SSSR count). The van der Waals surface area contributed by atoms with Crippen molar-refractivity contribution < 1.29 is 0 Å². The van der Waals surface area contributed by atoms with E-state index >= 15 is 0 Å². The highest BCUT2D eigenvalue weighted by atomic mass is 15.2. The van der Waals surface area contributed by atoms with Crippen LogP contribution in [-0.2, 0) is 0 Å². The number of para-hydroxylation sites is 3. The average molecular weight is 715 g/mol. The molecule has 0 aliphatic heterocycles. The van der Waals surface area contributed by atoms with E-state index in [0.717, 1.165) is 33.8 Å². The Morgan fingerprint density at radius 3 is 1.54 bits per heavy atom. The second-order valence-electron chi connectivity index (χ2n) is 14.1. The van der Waals surface area contributed by atoms with Crippen LogP contribution in [0.4, 0.5) is 17.1 Å². The molecule has 0 radical (unpaired) electrons. The Balaban J connectivity index is 1.27. The fourth-order valence-electron chi connectivity index (χ4n) is 8.31. The second-order valence-corrected chi connectivity index (χ2v) is 14.1. The lowest BCUT2D eigenvalue weighted by Gasteiger charge is -2.28. The first-order valence-electron chi connectivity index (χ1n) is 19.2. The summed E-state index contributed by atoms with van der Waals surface area (Å²) in [4.78, 5) is 2.44. The summed E-state index contributed by atoms with van der Waals surface area (Å²) in [7, 11) is 0. The summed E-state index contributed by atoms with van der Waals surface area (Å²) in [6.45, 7) is 0. The van der Waals surface area contributed by atoms with E-state index in [4.69, 9.17) is 0 Å². The van der Waals surface area contributed by atoms with Gasteiger partial charge in [-0.1, -0.05) is 182 Å². The Hall–Kier alpha value is -7.42. The zero-order valence-corrected chi connectivity index (χ0v) is 30.8. The predicted octanol–water partition coefficient (Wildman–Crippen LogP) is 14.9. The van der Waals surface area contributed by atoms with Crippen LogP contribution in [0, 0.1) is 0 Å². The lowest BCUT2D eigenvalue weighted by molar-refractivity contribution is 1.18. The quantitative estimate of drug-likeness (QED) is 0.152. The standard InChI is InChI=1S/C54H38N2/c1-5-20-39(21-6-1)42-36-37-51(48(38-42)46-30-14-13-28-44(46)40-22-7-2-8-23-40)56-50-33-18-16-31-47(50)54-52(34-19-35-53(54)56)55(43-26-11-4-12-27-43)49-32-17-15-29-45(49)41-24-9-3-10-25-41/h1-38H. The molecular formula is C54H38N2. The maximum atomic E-state index is 2.48. The van der Waals surface area contributed by atoms with Crippen molar-refractivity contribution in [3.8, 4) is 50.2 Å². The molecule has 0 aliphatic carbocycles. The molecule has 0 saturated heterocycles. The summed E-state index contributed by atoms with van der Waals surface area (Å²) in [6.07, 6.45) is 0. The Morgan fingerprint density at radius 1 is 0.304 bits per heavy atom. The Labute approximate surface area is 327 Å². The van der Waals surface area contributed by atoms with Gasteiger partial charge >= 0.3 is 0 Å². The number of hydrogen-bond acceptors (Lipinski definition) is 1. The third kappa shape index (κ3) is 5.85. The number of aromatic nitrogens is 1. The highest BCUT2D eigenvalue weighted by molar-refractivity contribution is 6.17. The number of benzene rings is 9. The van der Waals surface area contributed by atoms with E-state index in [1.807, 2.05) is 0 Å². The first-order chi connectivity index (χ1) is 27.8. The van der Waals surface area contributed by atoms with Crippen LogP contribution >= 0.6 is 0 Å². The molecule has 2 heteroatoms. The van der Waals surface area contributed by atoms with Crippen molar-refractivity contribution in [3.63, 3.8) is 0 Å². The van der Waals surface area contributed by atoms with Gasteiger partial charge in [-0.2, -0.15) is 0 Å². The number of hydrogen-bond donors (Lipinski definition) is 0. The lowest BCUT2D eigenvalue weighted by Crippen LogP contribution is -2.11. The topological polar surface area (TPSA) is 8.17 Å². The van der Waals surface area contributed by atoms with Crippen molar-refractivity contribution >= 4 is 38.9 Å². The van der Waals surface area contributed by atoms with E-state index in [0.29, 0.717) is 0 Å². The molecule has 10 aromatic rings. The minimum Gasteiger partial charge on any atom is -0.309 e. The van der Waals surface area contributed by atoms with Gasteiger partial charge < -0.3 is 9.47 Å². The first kappa shape index (κ1) is 33.2. The van der Waals surface area contributed by atoms with Gasteiger partial charge in [-0.15, -0.1) is 0 Å². The highest BCUT2D eigenvalue weighted by Gasteiger charge is 2.24. The molecule has 0 aliphatic rings. The monoisotopic (exact) mass is 714 g/mol. The molecule has 0 N–H and O–H groups in total. The fraction of sp³-hybridized carbons (Fsp3) is 0. The van der Waals surface area contributed by atoms with E-state index in [-0.39, 0.29) is 0 Å². The minimum absolute atomic E-state index is 1.10. The lowest BCUT2D eigenvalue weighted by atomic mass is 9.91. The molecule has 0 atom stereocenters. The number of nitrogens with zero attached hydrogens (tertiary/aromatic N) is 2. The van der Waals surface area contributed by atoms with Gasteiger partial charge in [-0.3, -0.25) is 0 Å². The largest absolute Gasteiger partial charge is 0.309 e. The Bertz CT molecular complexity index is 2950. The normalized spacial score (nSPS) is 11.2. The smallest absolute Gasteiger partial charge is 0.0562 e. The predicted molar refractivity (Wildman–Crippen MR) is 237 cm³/mol. The van der Waals surface area contributed by atoms with E-state index in [1.54, 1.807) is 0 Å². The third-order valence-corrected chi connectivity index (χ3v) is 10.8. The van der Waals surface area contributed by atoms with Crippen LogP contribution in [-0.4, -0.2) is 4.57 Å². The summed E-state index contributed by atoms with van der Waals surface area (Å²) in [5.74, 6) is 0. The summed E-state index contributed by atoms with van der Waals surface area (Å²) < 4.78 is 2.48. The van der Waals surface area contributed by atoms with Gasteiger partial charge in [0.1, 0.15) is 0 Å². The summed E-state index contributed by atoms with van der Waals surface area (Å²) in [5, 5.41) is 2.40. The molecule has 9 aromatic carbocycles. The van der Waals surface area contributed by atoms with Gasteiger partial charge in [0, 0.05) is 27.6 Å². The van der Waals surface area contributed by atoms with Crippen LogP contribution in [0.3, 0.4) is 0 Å². The molecular weight excluding hydrogens is 677 g/mol. The molecule has 1 heterocycles. The van der Waals surface area contributed by atoms with Crippen molar-refractivity contribution in [1.82, 2.24) is 4.57 Å². The zero-order valence-electron chi connectivity index (χ0n) is 30.8. The van der Waals surface area contributed by atoms with Crippen molar-refractivity contribution in [2.24, 2.45) is 0 Å². The van der Waals surface area contributed by atoms with Crippen LogP contribution in [0.15, 0.2) is 231 Å². The van der Waals surface area contributed by atoms with Crippen LogP contribution < -0.4 is 4.90 Å². The molecule has 0 saturated carbocycles. The van der Waals surface area contributed by atoms with Crippen molar-refractivity contribution in [3.05, 3.63) is 231 Å². The molecule has 0 amide bonds. The van der Waals surface area contributed by atoms with Crippen LogP contribution in [0.25, 0.3) is 72.0 Å². The minimum atomic E-state index is 1.10. The average Bonchev–Trinajstić information content (AvgIpc) is 3.62. The maximum Gasteiger partial charge on any atom is 0.0562 e. The van der Waals surface area contributed by atoms with Crippen molar-refractivity contribution in [2.75, 3.05) is 4.90 Å². The molecule has 1 aromatic heterocycles. The number of rotatable bonds is 8. The summed E-state index contributed by atoms with van der Waals surface area (Å²) in [6, 6.07) is 83.1. The van der Waals surface area contributed by atoms with E-state index in [2.05, 4.69) is 240 Å². The van der Waals surface area contributed by atoms with E-state index in [1.165, 1.54) is 55.3 Å². The first-order valence-corrected chi connectivity index (χ1v) is 19.2. The van der Waals surface area contributed by atoms with Crippen LogP contribution in [0.1, 0.15) is 0 Å². The molecule has 0 bridgehead atoms. The van der Waals surface area contributed by atoms with Gasteiger partial charge in [0.15, 0.2) is 0 Å². The van der Waals surface area contributed by atoms with Crippen molar-refractivity contribution in [2.45, 2.75) is 0 Å². The molecule has 2 nitrogen and oxygen atoms in total. The molecule has 0 unspecified atom stereocenters. The van der Waals surface area contributed by atoms with Gasteiger partial charge in [-0.25, -0.2) is 0 Å². The molecule has 56 heavy (non-hydrogen) atoms. The molecule has 0 spiro atoms. The molecule has 0 fully saturated rings. The Kier molecular flexibility index (Phi) is 8.55. The van der Waals surface area contributed by atoms with E-state index < -0.39 is 0 Å². The van der Waals surface area contributed by atoms with Gasteiger partial charge in [-0.05, 0) is 81.9 Å². The number of anilines is 3. The Morgan fingerprint density at radius 2 is 0.821 bits per heavy atom. The highest BCUT2D eigenvalue weighted by Crippen LogP contribution is 2.47. The van der Waals surface area contributed by atoms with E-state index in [9.17, 15) is 0 Å². The third-order valence-electron chi connectivity index (χ3n) is 10.8. The van der Waals surface area contributed by atoms with Crippen LogP contribution in [0.2, 0.25) is 0 Å². The maximum absolute atomic E-state index is 2.48. The summed E-state index contributed by atoms with van der Waals surface area (Å²) >= 11 is 0. The second kappa shape index (κ2) is 14.4. The zero-order chi connectivity index (χ0) is 37.3.